The van der Waals surface area contributed by atoms with Gasteiger partial charge in [0.05, 0.1) is 26.5 Å². The summed E-state index contributed by atoms with van der Waals surface area (Å²) in [6.07, 6.45) is 1.47. The number of ether oxygens (including phenoxy) is 1. The summed E-state index contributed by atoms with van der Waals surface area (Å²) in [5.41, 5.74) is 6.58. The number of hydrogen-bond acceptors (Lipinski definition) is 8. The van der Waals surface area contributed by atoms with E-state index in [0.29, 0.717) is 16.0 Å². The Balaban J connectivity index is 1.48. The van der Waals surface area contributed by atoms with Gasteiger partial charge >= 0.3 is 6.03 Å². The number of nitrogens with one attached hydrogen (secondary N) is 3. The summed E-state index contributed by atoms with van der Waals surface area (Å²) in [6, 6.07) is 9.83. The molecule has 4 rings (SSSR count). The van der Waals surface area contributed by atoms with Gasteiger partial charge in [-0.05, 0) is 55.8 Å². The first-order valence-electron chi connectivity index (χ1n) is 11.1. The van der Waals surface area contributed by atoms with Gasteiger partial charge in [-0.25, -0.2) is 13.6 Å². The summed E-state index contributed by atoms with van der Waals surface area (Å²) >= 11 is 1.06. The van der Waals surface area contributed by atoms with Gasteiger partial charge in [-0.1, -0.05) is 6.07 Å². The minimum absolute atomic E-state index is 0.0353. The van der Waals surface area contributed by atoms with Crippen molar-refractivity contribution in [3.05, 3.63) is 76.8 Å². The van der Waals surface area contributed by atoms with Crippen molar-refractivity contribution in [1.29, 1.82) is 0 Å². The minimum Gasteiger partial charge on any atom is -0.456 e. The zero-order chi connectivity index (χ0) is 27.4. The second kappa shape index (κ2) is 11.5. The maximum atomic E-state index is 14.7. The van der Waals surface area contributed by atoms with Crippen LogP contribution in [0.5, 0.6) is 11.5 Å². The number of halogens is 2. The van der Waals surface area contributed by atoms with Crippen LogP contribution in [0.3, 0.4) is 0 Å². The summed E-state index contributed by atoms with van der Waals surface area (Å²) in [7, 11) is -1.75. The highest BCUT2D eigenvalue weighted by molar-refractivity contribution is 7.82. The largest absolute Gasteiger partial charge is 0.456 e. The van der Waals surface area contributed by atoms with Crippen molar-refractivity contribution in [2.75, 3.05) is 10.6 Å². The third-order valence-electron chi connectivity index (χ3n) is 4.92. The molecule has 0 aliphatic carbocycles. The third-order valence-corrected chi connectivity index (χ3v) is 7.12. The number of carbonyl (C=O) groups is 2. The van der Waals surface area contributed by atoms with Crippen LogP contribution in [0.15, 0.2) is 54.7 Å². The SMILES string of the molecule is Cc1ccc(F)c(NC(=O)Nc2ccc(Oc3ccnc4cc(C(=O)N[S-](=O)=CC(C)N)sc34)cc2F)c1. The van der Waals surface area contributed by atoms with Crippen LogP contribution in [0.4, 0.5) is 25.0 Å². The van der Waals surface area contributed by atoms with Crippen LogP contribution in [0.25, 0.3) is 10.2 Å². The highest BCUT2D eigenvalue weighted by atomic mass is 32.2. The zero-order valence-electron chi connectivity index (χ0n) is 20.1. The molecule has 9 nitrogen and oxygen atoms in total. The number of hydrogen-bond donors (Lipinski definition) is 4. The predicted molar refractivity (Wildman–Crippen MR) is 145 cm³/mol. The highest BCUT2D eigenvalue weighted by Gasteiger charge is 2.15. The number of thiophene rings is 1. The van der Waals surface area contributed by atoms with E-state index in [-0.39, 0.29) is 22.0 Å². The van der Waals surface area contributed by atoms with Gasteiger partial charge in [0.2, 0.25) is 5.91 Å². The standard InChI is InChI=1S/C25H22F2N5O4S2/c1-13-3-5-16(26)19(9-13)31-25(34)30-18-6-4-15(10-17(18)27)36-21-7-8-29-20-11-22(37-23(20)21)24(33)32-38(35)12-14(2)28/h3-12,14H,28H2,1-2H3,(H2,30,31,34)(H,32,33,35)/q-1. The first kappa shape index (κ1) is 27.0. The van der Waals surface area contributed by atoms with Crippen molar-refractivity contribution in [3.63, 3.8) is 0 Å². The van der Waals surface area contributed by atoms with Crippen LogP contribution >= 0.6 is 11.3 Å². The maximum absolute atomic E-state index is 14.7. The minimum atomic E-state index is -1.75. The molecule has 0 aliphatic rings. The van der Waals surface area contributed by atoms with Crippen molar-refractivity contribution >= 4 is 60.8 Å². The molecule has 13 heteroatoms. The van der Waals surface area contributed by atoms with Gasteiger partial charge in [0.25, 0.3) is 0 Å². The first-order valence-corrected chi connectivity index (χ1v) is 13.1. The number of amides is 3. The predicted octanol–water partition coefficient (Wildman–Crippen LogP) is 5.08. The van der Waals surface area contributed by atoms with Crippen LogP contribution in [0, 0.1) is 18.6 Å². The third kappa shape index (κ3) is 6.62. The molecule has 0 bridgehead atoms. The molecule has 3 amide bonds. The van der Waals surface area contributed by atoms with E-state index >= 15 is 0 Å². The molecule has 1 atom stereocenters. The zero-order valence-corrected chi connectivity index (χ0v) is 21.7. The van der Waals surface area contributed by atoms with Crippen LogP contribution in [-0.2, 0) is 14.8 Å². The fraction of sp³-hybridized carbons (Fsp3) is 0.120. The number of rotatable bonds is 7. The number of nitrogens with two attached hydrogens (primary N) is 1. The number of urea groups is 1. The number of nitrogens with zero attached hydrogens (tertiary/aromatic N) is 1. The number of aromatic nitrogens is 1. The van der Waals surface area contributed by atoms with Crippen LogP contribution < -0.4 is 25.8 Å². The molecule has 2 heterocycles. The summed E-state index contributed by atoms with van der Waals surface area (Å²) in [5.74, 6) is -1.54. The lowest BCUT2D eigenvalue weighted by Gasteiger charge is -2.11. The Morgan fingerprint density at radius 1 is 1.08 bits per heavy atom. The van der Waals surface area contributed by atoms with E-state index in [4.69, 9.17) is 10.5 Å². The molecule has 5 N–H and O–H groups in total. The van der Waals surface area contributed by atoms with Gasteiger partial charge in [0.1, 0.15) is 23.1 Å². The Kier molecular flexibility index (Phi) is 8.20. The van der Waals surface area contributed by atoms with Crippen molar-refractivity contribution in [2.45, 2.75) is 19.9 Å². The molecule has 0 aliphatic heterocycles. The molecule has 0 radical (unpaired) electrons. The van der Waals surface area contributed by atoms with E-state index in [1.807, 2.05) is 0 Å². The van der Waals surface area contributed by atoms with Crippen molar-refractivity contribution in [2.24, 2.45) is 5.73 Å². The normalized spacial score (nSPS) is 12.7. The van der Waals surface area contributed by atoms with Crippen molar-refractivity contribution < 1.29 is 27.3 Å². The Morgan fingerprint density at radius 2 is 1.84 bits per heavy atom. The summed E-state index contributed by atoms with van der Waals surface area (Å²) in [6.45, 7) is 3.37. The number of benzene rings is 2. The summed E-state index contributed by atoms with van der Waals surface area (Å²) < 4.78 is 49.2. The molecule has 0 fully saturated rings. The van der Waals surface area contributed by atoms with Gasteiger partial charge < -0.3 is 30.0 Å². The number of aryl methyl sites for hydroxylation is 1. The number of anilines is 2. The molecule has 38 heavy (non-hydrogen) atoms. The lowest BCUT2D eigenvalue weighted by Crippen LogP contribution is -2.26. The highest BCUT2D eigenvalue weighted by Crippen LogP contribution is 2.35. The second-order valence-corrected chi connectivity index (χ2v) is 10.3. The molecular weight excluding hydrogens is 536 g/mol. The summed E-state index contributed by atoms with van der Waals surface area (Å²) in [5, 5.41) is 5.97. The smallest absolute Gasteiger partial charge is 0.323 e. The average Bonchev–Trinajstić information content (AvgIpc) is 3.28. The van der Waals surface area contributed by atoms with Gasteiger partial charge in [-0.2, -0.15) is 10.6 Å². The second-order valence-electron chi connectivity index (χ2n) is 8.16. The molecule has 0 saturated heterocycles. The number of carbonyl (C=O) groups excluding carboxylic acids is 2. The Morgan fingerprint density at radius 3 is 2.58 bits per heavy atom. The molecule has 4 aromatic rings. The van der Waals surface area contributed by atoms with Gasteiger partial charge in [0, 0.05) is 18.3 Å². The van der Waals surface area contributed by atoms with E-state index in [9.17, 15) is 22.6 Å². The molecule has 0 saturated carbocycles. The topological polar surface area (TPSA) is 135 Å². The quantitative estimate of drug-likeness (QED) is 0.185. The summed E-state index contributed by atoms with van der Waals surface area (Å²) in [4.78, 5) is 29.2. The molecule has 0 spiro atoms. The molecule has 198 valence electrons. The Labute approximate surface area is 222 Å². The fourth-order valence-electron chi connectivity index (χ4n) is 3.28. The lowest BCUT2D eigenvalue weighted by molar-refractivity contribution is 0.0987. The van der Waals surface area contributed by atoms with E-state index in [0.717, 1.165) is 23.0 Å². The Hall–Kier alpha value is -4.07. The fourth-order valence-corrected chi connectivity index (χ4v) is 5.05. The van der Waals surface area contributed by atoms with Crippen molar-refractivity contribution in [3.8, 4) is 11.5 Å². The van der Waals surface area contributed by atoms with Gasteiger partial charge in [-0.15, -0.1) is 16.7 Å². The Bertz CT molecular complexity index is 1620. The van der Waals surface area contributed by atoms with Crippen LogP contribution in [0.1, 0.15) is 22.2 Å². The van der Waals surface area contributed by atoms with Gasteiger partial charge in [0.15, 0.2) is 0 Å². The molecule has 2 aromatic heterocycles. The average molecular weight is 559 g/mol. The van der Waals surface area contributed by atoms with Gasteiger partial charge in [-0.3, -0.25) is 9.78 Å². The maximum Gasteiger partial charge on any atom is 0.323 e. The molecule has 1 unspecified atom stereocenters. The first-order chi connectivity index (χ1) is 18.1. The number of fused-ring (bicyclic) bond motifs is 1. The molecular formula is C25H22F2N5O4S2-. The lowest BCUT2D eigenvalue weighted by atomic mass is 10.2. The van der Waals surface area contributed by atoms with E-state index in [2.05, 4.69) is 20.3 Å². The van der Waals surface area contributed by atoms with E-state index in [1.165, 1.54) is 41.9 Å². The van der Waals surface area contributed by atoms with Crippen LogP contribution in [-0.4, -0.2) is 28.3 Å². The van der Waals surface area contributed by atoms with E-state index in [1.54, 1.807) is 26.0 Å². The molecule has 2 aromatic carbocycles. The van der Waals surface area contributed by atoms with Crippen molar-refractivity contribution in [1.82, 2.24) is 9.71 Å². The van der Waals surface area contributed by atoms with E-state index < -0.39 is 40.2 Å². The van der Waals surface area contributed by atoms with Crippen LogP contribution in [0.2, 0.25) is 0 Å². The number of pyridine rings is 1. The monoisotopic (exact) mass is 558 g/mol.